The van der Waals surface area contributed by atoms with E-state index in [1.54, 1.807) is 0 Å². The minimum atomic E-state index is -2.37. The molecule has 2 unspecified atom stereocenters. The SMILES string of the molecule is NC(=O)Oc1ccnc(C2CC2C(F)F)n1. The first kappa shape index (κ1) is 10.7. The second-order valence-electron chi connectivity index (χ2n) is 3.51. The molecule has 2 atom stereocenters. The summed E-state index contributed by atoms with van der Waals surface area (Å²) in [6, 6.07) is 1.34. The van der Waals surface area contributed by atoms with Gasteiger partial charge in [-0.2, -0.15) is 4.98 Å². The van der Waals surface area contributed by atoms with Crippen molar-refractivity contribution in [2.24, 2.45) is 11.7 Å². The zero-order chi connectivity index (χ0) is 11.7. The highest BCUT2D eigenvalue weighted by Crippen LogP contribution is 2.49. The predicted molar refractivity (Wildman–Crippen MR) is 49.1 cm³/mol. The van der Waals surface area contributed by atoms with Gasteiger partial charge in [0.2, 0.25) is 12.3 Å². The van der Waals surface area contributed by atoms with E-state index < -0.39 is 18.4 Å². The normalized spacial score (nSPS) is 23.2. The summed E-state index contributed by atoms with van der Waals surface area (Å²) in [5, 5.41) is 0. The highest BCUT2D eigenvalue weighted by Gasteiger charge is 2.47. The van der Waals surface area contributed by atoms with Crippen molar-refractivity contribution in [3.05, 3.63) is 18.1 Å². The number of amides is 1. The molecule has 1 aromatic heterocycles. The molecular weight excluding hydrogens is 220 g/mol. The highest BCUT2D eigenvalue weighted by molar-refractivity contribution is 5.67. The Morgan fingerprint density at radius 3 is 2.94 bits per heavy atom. The number of carbonyl (C=O) groups excluding carboxylic acids is 1. The summed E-state index contributed by atoms with van der Waals surface area (Å²) in [5.74, 6) is -0.790. The minimum absolute atomic E-state index is 0.0163. The van der Waals surface area contributed by atoms with Crippen molar-refractivity contribution in [1.29, 1.82) is 0 Å². The van der Waals surface area contributed by atoms with Crippen LogP contribution in [0.5, 0.6) is 5.88 Å². The molecule has 1 aliphatic carbocycles. The summed E-state index contributed by atoms with van der Waals surface area (Å²) in [6.45, 7) is 0. The number of aromatic nitrogens is 2. The summed E-state index contributed by atoms with van der Waals surface area (Å²) < 4.78 is 29.1. The van der Waals surface area contributed by atoms with E-state index >= 15 is 0 Å². The van der Waals surface area contributed by atoms with E-state index in [0.717, 1.165) is 0 Å². The number of carbonyl (C=O) groups is 1. The monoisotopic (exact) mass is 229 g/mol. The average molecular weight is 229 g/mol. The molecule has 1 aliphatic rings. The lowest BCUT2D eigenvalue weighted by molar-refractivity contribution is 0.120. The van der Waals surface area contributed by atoms with E-state index in [1.807, 2.05) is 0 Å². The second-order valence-corrected chi connectivity index (χ2v) is 3.51. The van der Waals surface area contributed by atoms with Crippen LogP contribution in [0.2, 0.25) is 0 Å². The number of hydrogen-bond donors (Lipinski definition) is 1. The van der Waals surface area contributed by atoms with E-state index in [1.165, 1.54) is 12.3 Å². The van der Waals surface area contributed by atoms with Gasteiger partial charge in [-0.15, -0.1) is 0 Å². The Balaban J connectivity index is 2.09. The van der Waals surface area contributed by atoms with Crippen LogP contribution in [0.25, 0.3) is 0 Å². The van der Waals surface area contributed by atoms with Gasteiger partial charge in [0.05, 0.1) is 0 Å². The van der Waals surface area contributed by atoms with Crippen molar-refractivity contribution < 1.29 is 18.3 Å². The number of hydrogen-bond acceptors (Lipinski definition) is 4. The summed E-state index contributed by atoms with van der Waals surface area (Å²) in [5.41, 5.74) is 4.80. The number of nitrogens with two attached hydrogens (primary N) is 1. The van der Waals surface area contributed by atoms with Crippen LogP contribution >= 0.6 is 0 Å². The fourth-order valence-electron chi connectivity index (χ4n) is 1.48. The standard InChI is InChI=1S/C9H9F2N3O2/c10-7(11)4-3-5(4)8-13-2-1-6(14-8)16-9(12)15/h1-2,4-5,7H,3H2,(H2,12,15). The predicted octanol–water partition coefficient (Wildman–Crippen LogP) is 1.30. The molecule has 5 nitrogen and oxygen atoms in total. The highest BCUT2D eigenvalue weighted by atomic mass is 19.3. The van der Waals surface area contributed by atoms with Gasteiger partial charge in [0.25, 0.3) is 0 Å². The summed E-state index contributed by atoms with van der Waals surface area (Å²) in [4.78, 5) is 18.2. The number of nitrogens with zero attached hydrogens (tertiary/aromatic N) is 2. The summed E-state index contributed by atoms with van der Waals surface area (Å²) in [6.07, 6.45) is -1.65. The second kappa shape index (κ2) is 3.99. The van der Waals surface area contributed by atoms with Crippen LogP contribution in [0.1, 0.15) is 18.2 Å². The molecule has 2 rings (SSSR count). The van der Waals surface area contributed by atoms with Gasteiger partial charge in [-0.3, -0.25) is 0 Å². The number of alkyl halides is 2. The van der Waals surface area contributed by atoms with Gasteiger partial charge in [0.15, 0.2) is 0 Å². The quantitative estimate of drug-likeness (QED) is 0.847. The van der Waals surface area contributed by atoms with E-state index in [4.69, 9.17) is 5.73 Å². The van der Waals surface area contributed by atoms with Crippen molar-refractivity contribution in [1.82, 2.24) is 9.97 Å². The maximum atomic E-state index is 12.3. The Bertz CT molecular complexity index is 413. The number of ether oxygens (including phenoxy) is 1. The van der Waals surface area contributed by atoms with Crippen molar-refractivity contribution >= 4 is 6.09 Å². The number of halogens is 2. The lowest BCUT2D eigenvalue weighted by atomic mass is 10.3. The molecule has 16 heavy (non-hydrogen) atoms. The molecule has 0 aliphatic heterocycles. The van der Waals surface area contributed by atoms with Gasteiger partial charge in [0.1, 0.15) is 5.82 Å². The summed E-state index contributed by atoms with van der Waals surface area (Å²) >= 11 is 0. The first-order chi connectivity index (χ1) is 7.58. The van der Waals surface area contributed by atoms with Gasteiger partial charge < -0.3 is 10.5 Å². The van der Waals surface area contributed by atoms with Crippen molar-refractivity contribution in [2.75, 3.05) is 0 Å². The number of rotatable bonds is 3. The minimum Gasteiger partial charge on any atom is -0.391 e. The lowest BCUT2D eigenvalue weighted by Gasteiger charge is -2.02. The molecular formula is C9H9F2N3O2. The lowest BCUT2D eigenvalue weighted by Crippen LogP contribution is -2.17. The molecule has 1 fully saturated rings. The average Bonchev–Trinajstić information content (AvgIpc) is 2.96. The Morgan fingerprint density at radius 2 is 2.38 bits per heavy atom. The molecule has 7 heteroatoms. The zero-order valence-corrected chi connectivity index (χ0v) is 8.14. The third-order valence-electron chi connectivity index (χ3n) is 2.35. The van der Waals surface area contributed by atoms with Gasteiger partial charge >= 0.3 is 6.09 Å². The third kappa shape index (κ3) is 2.23. The van der Waals surface area contributed by atoms with Crippen LogP contribution in [0, 0.1) is 5.92 Å². The van der Waals surface area contributed by atoms with Gasteiger partial charge in [-0.1, -0.05) is 0 Å². The van der Waals surface area contributed by atoms with Crippen molar-refractivity contribution in [3.8, 4) is 5.88 Å². The third-order valence-corrected chi connectivity index (χ3v) is 2.35. The Labute approximate surface area is 89.6 Å². The fourth-order valence-corrected chi connectivity index (χ4v) is 1.48. The molecule has 0 saturated heterocycles. The first-order valence-corrected chi connectivity index (χ1v) is 4.66. The van der Waals surface area contributed by atoms with Crippen LogP contribution in [0.15, 0.2) is 12.3 Å². The first-order valence-electron chi connectivity index (χ1n) is 4.66. The van der Waals surface area contributed by atoms with E-state index in [2.05, 4.69) is 14.7 Å². The topological polar surface area (TPSA) is 78.1 Å². The maximum absolute atomic E-state index is 12.3. The molecule has 0 radical (unpaired) electrons. The van der Waals surface area contributed by atoms with Crippen LogP contribution < -0.4 is 10.5 Å². The molecule has 0 aromatic carbocycles. The Kier molecular flexibility index (Phi) is 2.67. The fraction of sp³-hybridized carbons (Fsp3) is 0.444. The van der Waals surface area contributed by atoms with Crippen LogP contribution in [-0.2, 0) is 0 Å². The molecule has 2 N–H and O–H groups in total. The Hall–Kier alpha value is -1.79. The van der Waals surface area contributed by atoms with E-state index in [-0.39, 0.29) is 17.6 Å². The molecule has 1 amide bonds. The van der Waals surface area contributed by atoms with Gasteiger partial charge in [0, 0.05) is 24.1 Å². The zero-order valence-electron chi connectivity index (χ0n) is 8.14. The molecule has 0 bridgehead atoms. The largest absolute Gasteiger partial charge is 0.411 e. The van der Waals surface area contributed by atoms with Crippen molar-refractivity contribution in [3.63, 3.8) is 0 Å². The maximum Gasteiger partial charge on any atom is 0.411 e. The van der Waals surface area contributed by atoms with E-state index in [0.29, 0.717) is 6.42 Å². The van der Waals surface area contributed by atoms with Crippen LogP contribution in [-0.4, -0.2) is 22.5 Å². The molecule has 86 valence electrons. The molecule has 1 saturated carbocycles. The van der Waals surface area contributed by atoms with Gasteiger partial charge in [-0.25, -0.2) is 18.6 Å². The molecule has 1 heterocycles. The van der Waals surface area contributed by atoms with E-state index in [9.17, 15) is 13.6 Å². The van der Waals surface area contributed by atoms with Crippen LogP contribution in [0.3, 0.4) is 0 Å². The Morgan fingerprint density at radius 1 is 1.62 bits per heavy atom. The van der Waals surface area contributed by atoms with Gasteiger partial charge in [-0.05, 0) is 6.42 Å². The smallest absolute Gasteiger partial charge is 0.391 e. The molecule has 1 aromatic rings. The van der Waals surface area contributed by atoms with Crippen LogP contribution in [0.4, 0.5) is 13.6 Å². The number of primary amides is 1. The summed E-state index contributed by atoms with van der Waals surface area (Å²) in [7, 11) is 0. The van der Waals surface area contributed by atoms with Crippen molar-refractivity contribution in [2.45, 2.75) is 18.8 Å². The molecule has 0 spiro atoms.